The summed E-state index contributed by atoms with van der Waals surface area (Å²) < 4.78 is -1.14. The summed E-state index contributed by atoms with van der Waals surface area (Å²) in [6.45, 7) is 0. The highest BCUT2D eigenvalue weighted by atomic mass is 79.9. The molecule has 0 aliphatic rings. The molecule has 0 rings (SSSR count). The zero-order chi connectivity index (χ0) is 5.15. The SMILES string of the molecule is O=[N+]([O-])C(Cl)Br. The highest BCUT2D eigenvalue weighted by Gasteiger charge is 2.05. The fourth-order valence-corrected chi connectivity index (χ4v) is 0. The van der Waals surface area contributed by atoms with E-state index in [4.69, 9.17) is 11.6 Å². The van der Waals surface area contributed by atoms with E-state index in [1.54, 1.807) is 0 Å². The van der Waals surface area contributed by atoms with E-state index in [1.807, 2.05) is 0 Å². The van der Waals surface area contributed by atoms with Crippen LogP contribution >= 0.6 is 27.5 Å². The van der Waals surface area contributed by atoms with Crippen LogP contribution < -0.4 is 0 Å². The molecule has 0 fully saturated rings. The first kappa shape index (κ1) is 6.17. The third-order valence-electron chi connectivity index (χ3n) is 0.159. The molecule has 0 aliphatic carbocycles. The average molecular weight is 174 g/mol. The first-order valence-corrected chi connectivity index (χ1v) is 2.41. The van der Waals surface area contributed by atoms with Crippen molar-refractivity contribution in [2.75, 3.05) is 0 Å². The molecule has 0 heterocycles. The van der Waals surface area contributed by atoms with Gasteiger partial charge in [-0.15, -0.1) is 0 Å². The molecule has 0 aromatic rings. The smallest absolute Gasteiger partial charge is 0.262 e. The van der Waals surface area contributed by atoms with Crippen LogP contribution in [0, 0.1) is 10.1 Å². The van der Waals surface area contributed by atoms with Gasteiger partial charge in [-0.25, -0.2) is 0 Å². The number of nitro groups is 1. The van der Waals surface area contributed by atoms with Crippen LogP contribution in [0.25, 0.3) is 0 Å². The lowest BCUT2D eigenvalue weighted by Gasteiger charge is -1.83. The van der Waals surface area contributed by atoms with Crippen LogP contribution in [0.15, 0.2) is 0 Å². The summed E-state index contributed by atoms with van der Waals surface area (Å²) in [7, 11) is 0. The number of alkyl halides is 2. The summed E-state index contributed by atoms with van der Waals surface area (Å²) in [5.74, 6) is 0. The molecule has 0 aliphatic heterocycles. The average Bonchev–Trinajstić information content (AvgIpc) is 1.36. The molecule has 0 N–H and O–H groups in total. The fourth-order valence-electron chi connectivity index (χ4n) is 0. The monoisotopic (exact) mass is 173 g/mol. The number of hydrogen-bond acceptors (Lipinski definition) is 2. The maximum atomic E-state index is 9.33. The highest BCUT2D eigenvalue weighted by molar-refractivity contribution is 9.10. The van der Waals surface area contributed by atoms with Gasteiger partial charge in [-0.1, -0.05) is 0 Å². The summed E-state index contributed by atoms with van der Waals surface area (Å²) >= 11 is 7.34. The minimum absolute atomic E-state index is 0.651. The van der Waals surface area contributed by atoms with E-state index < -0.39 is 9.33 Å². The largest absolute Gasteiger partial charge is 0.339 e. The maximum absolute atomic E-state index is 9.33. The van der Waals surface area contributed by atoms with Gasteiger partial charge in [-0.3, -0.25) is 10.1 Å². The van der Waals surface area contributed by atoms with Gasteiger partial charge in [0.05, 0.1) is 4.92 Å². The Morgan fingerprint density at radius 3 is 2.17 bits per heavy atom. The standard InChI is InChI=1S/CHBrClNO2/c2-1(3)4(5)6/h1H. The fraction of sp³-hybridized carbons (Fsp3) is 1.00. The first-order chi connectivity index (χ1) is 2.64. The topological polar surface area (TPSA) is 43.1 Å². The Bertz CT molecular complexity index is 64.6. The van der Waals surface area contributed by atoms with Crippen LogP contribution in [0.1, 0.15) is 0 Å². The third-order valence-corrected chi connectivity index (χ3v) is 0.653. The second-order valence-electron chi connectivity index (χ2n) is 0.563. The first-order valence-electron chi connectivity index (χ1n) is 1.06. The Morgan fingerprint density at radius 2 is 2.17 bits per heavy atom. The molecule has 0 saturated heterocycles. The number of rotatable bonds is 1. The zero-order valence-electron chi connectivity index (χ0n) is 2.60. The van der Waals surface area contributed by atoms with E-state index in [9.17, 15) is 10.1 Å². The third kappa shape index (κ3) is 2.41. The molecule has 3 nitrogen and oxygen atoms in total. The predicted octanol–water partition coefficient (Wildman–Crippen LogP) is 1.18. The van der Waals surface area contributed by atoms with Crippen molar-refractivity contribution in [3.05, 3.63) is 10.1 Å². The van der Waals surface area contributed by atoms with Crippen molar-refractivity contribution < 1.29 is 4.92 Å². The van der Waals surface area contributed by atoms with Crippen molar-refractivity contribution in [2.24, 2.45) is 0 Å². The molecule has 0 bridgehead atoms. The molecule has 0 aromatic heterocycles. The Hall–Kier alpha value is 0.170. The molecule has 6 heavy (non-hydrogen) atoms. The summed E-state index contributed by atoms with van der Waals surface area (Å²) in [6, 6.07) is 0. The molecule has 5 heteroatoms. The van der Waals surface area contributed by atoms with Crippen molar-refractivity contribution in [3.63, 3.8) is 0 Å². The number of hydrogen-bond donors (Lipinski definition) is 0. The predicted molar refractivity (Wildman–Crippen MR) is 25.6 cm³/mol. The zero-order valence-corrected chi connectivity index (χ0v) is 4.94. The summed E-state index contributed by atoms with van der Waals surface area (Å²) in [6.07, 6.45) is 0. The lowest BCUT2D eigenvalue weighted by molar-refractivity contribution is -0.470. The highest BCUT2D eigenvalue weighted by Crippen LogP contribution is 2.02. The molecule has 0 aromatic carbocycles. The summed E-state index contributed by atoms with van der Waals surface area (Å²) in [5.41, 5.74) is 0. The van der Waals surface area contributed by atoms with Crippen LogP contribution in [-0.2, 0) is 0 Å². The molecule has 0 saturated carbocycles. The second kappa shape index (κ2) is 2.36. The van der Waals surface area contributed by atoms with E-state index in [2.05, 4.69) is 15.9 Å². The van der Waals surface area contributed by atoms with Crippen molar-refractivity contribution in [1.29, 1.82) is 0 Å². The summed E-state index contributed by atoms with van der Waals surface area (Å²) in [4.78, 5) is 8.67. The van der Waals surface area contributed by atoms with Crippen LogP contribution in [0.2, 0.25) is 0 Å². The normalized spacial score (nSPS) is 13.7. The van der Waals surface area contributed by atoms with Gasteiger partial charge in [-0.2, -0.15) is 0 Å². The van der Waals surface area contributed by atoms with Crippen molar-refractivity contribution in [3.8, 4) is 0 Å². The molecular formula is CHBrClNO2. The minimum Gasteiger partial charge on any atom is -0.262 e. The number of nitrogens with zero attached hydrogens (tertiary/aromatic N) is 1. The van der Waals surface area contributed by atoms with Crippen LogP contribution in [-0.4, -0.2) is 9.33 Å². The minimum atomic E-state index is -1.14. The van der Waals surface area contributed by atoms with E-state index in [0.29, 0.717) is 0 Å². The van der Waals surface area contributed by atoms with Crippen LogP contribution in [0.3, 0.4) is 0 Å². The van der Waals surface area contributed by atoms with Gasteiger partial charge in [0.15, 0.2) is 0 Å². The summed E-state index contributed by atoms with van der Waals surface area (Å²) in [5, 5.41) is 9.33. The van der Waals surface area contributed by atoms with E-state index >= 15 is 0 Å². The molecule has 0 radical (unpaired) electrons. The molecule has 0 amide bonds. The Balaban J connectivity index is 3.26. The van der Waals surface area contributed by atoms with Crippen LogP contribution in [0.4, 0.5) is 0 Å². The maximum Gasteiger partial charge on any atom is 0.339 e. The second-order valence-corrected chi connectivity index (χ2v) is 2.37. The van der Waals surface area contributed by atoms with Gasteiger partial charge in [-0.05, 0) is 11.6 Å². The molecule has 36 valence electrons. The van der Waals surface area contributed by atoms with Crippen molar-refractivity contribution >= 4 is 27.5 Å². The number of halogens is 2. The van der Waals surface area contributed by atoms with Crippen LogP contribution in [0.5, 0.6) is 0 Å². The van der Waals surface area contributed by atoms with Gasteiger partial charge >= 0.3 is 4.41 Å². The van der Waals surface area contributed by atoms with E-state index in [0.717, 1.165) is 0 Å². The van der Waals surface area contributed by atoms with Gasteiger partial charge in [0.25, 0.3) is 0 Å². The molecule has 0 spiro atoms. The quantitative estimate of drug-likeness (QED) is 0.259. The lowest BCUT2D eigenvalue weighted by Crippen LogP contribution is -2.00. The molecular weight excluding hydrogens is 173 g/mol. The Kier molecular flexibility index (Phi) is 2.43. The molecule has 1 atom stereocenters. The van der Waals surface area contributed by atoms with E-state index in [-0.39, 0.29) is 0 Å². The van der Waals surface area contributed by atoms with Crippen molar-refractivity contribution in [1.82, 2.24) is 0 Å². The van der Waals surface area contributed by atoms with Gasteiger partial charge in [0.2, 0.25) is 0 Å². The Morgan fingerprint density at radius 1 is 2.00 bits per heavy atom. The van der Waals surface area contributed by atoms with Gasteiger partial charge in [0.1, 0.15) is 0 Å². The van der Waals surface area contributed by atoms with Gasteiger partial charge < -0.3 is 0 Å². The molecule has 1 unspecified atom stereocenters. The van der Waals surface area contributed by atoms with E-state index in [1.165, 1.54) is 0 Å². The lowest BCUT2D eigenvalue weighted by atomic mass is 11.5. The van der Waals surface area contributed by atoms with Crippen molar-refractivity contribution in [2.45, 2.75) is 4.41 Å². The van der Waals surface area contributed by atoms with Gasteiger partial charge in [0, 0.05) is 15.9 Å². The Labute approximate surface area is 47.6 Å².